The van der Waals surface area contributed by atoms with Crippen molar-refractivity contribution in [2.24, 2.45) is 0 Å². The van der Waals surface area contributed by atoms with Gasteiger partial charge in [0.05, 0.1) is 40.5 Å². The summed E-state index contributed by atoms with van der Waals surface area (Å²) in [7, 11) is 0. The number of nitrogens with zero attached hydrogens (tertiary/aromatic N) is 4. The lowest BCUT2D eigenvalue weighted by Gasteiger charge is -2.10. The Morgan fingerprint density at radius 1 is 0.780 bits per heavy atom. The van der Waals surface area contributed by atoms with Gasteiger partial charge in [-0.15, -0.1) is 0 Å². The number of nitrogens with one attached hydrogen (secondary N) is 3. The van der Waals surface area contributed by atoms with E-state index in [4.69, 9.17) is 14.4 Å². The second-order valence-corrected chi connectivity index (χ2v) is 9.90. The predicted molar refractivity (Wildman–Crippen MR) is 159 cm³/mol. The zero-order valence-electron chi connectivity index (χ0n) is 22.2. The Labute approximate surface area is 235 Å². The van der Waals surface area contributed by atoms with Crippen molar-refractivity contribution in [1.82, 2.24) is 35.6 Å². The van der Waals surface area contributed by atoms with Crippen LogP contribution in [0.5, 0.6) is 0 Å². The number of benzene rings is 3. The summed E-state index contributed by atoms with van der Waals surface area (Å²) in [6.45, 7) is 1.70. The van der Waals surface area contributed by atoms with Gasteiger partial charge < -0.3 is 20.0 Å². The normalized spacial score (nSPS) is 11.6. The van der Waals surface area contributed by atoms with E-state index in [1.807, 2.05) is 66.9 Å². The Balaban J connectivity index is 0.926. The number of aromatic nitrogens is 5. The summed E-state index contributed by atoms with van der Waals surface area (Å²) in [5.74, 6) is 1.13. The number of oxazole rings is 1. The Bertz CT molecular complexity index is 2030. The van der Waals surface area contributed by atoms with Crippen LogP contribution in [-0.4, -0.2) is 43.9 Å². The number of para-hydroxylation sites is 2. The highest BCUT2D eigenvalue weighted by Gasteiger charge is 2.14. The third-order valence-electron chi connectivity index (χ3n) is 7.22. The van der Waals surface area contributed by atoms with Crippen LogP contribution >= 0.6 is 0 Å². The average Bonchev–Trinajstić information content (AvgIpc) is 3.67. The molecule has 3 N–H and O–H groups in total. The Morgan fingerprint density at radius 3 is 2.39 bits per heavy atom. The number of amides is 1. The first-order valence-electron chi connectivity index (χ1n) is 13.6. The van der Waals surface area contributed by atoms with E-state index in [2.05, 4.69) is 37.7 Å². The van der Waals surface area contributed by atoms with Gasteiger partial charge in [0.25, 0.3) is 5.91 Å². The van der Waals surface area contributed by atoms with Gasteiger partial charge in [-0.1, -0.05) is 60.7 Å². The lowest BCUT2D eigenvalue weighted by Crippen LogP contribution is -2.24. The minimum Gasteiger partial charge on any atom is -0.448 e. The van der Waals surface area contributed by atoms with Gasteiger partial charge in [-0.3, -0.25) is 14.8 Å². The zero-order chi connectivity index (χ0) is 27.6. The molecule has 4 heterocycles. The topological polar surface area (TPSA) is 122 Å². The number of aromatic amines is 1. The van der Waals surface area contributed by atoms with Gasteiger partial charge in [0.2, 0.25) is 0 Å². The first-order valence-corrected chi connectivity index (χ1v) is 13.6. The highest BCUT2D eigenvalue weighted by Crippen LogP contribution is 2.26. The first kappa shape index (κ1) is 24.9. The molecule has 0 spiro atoms. The molecule has 0 fully saturated rings. The molecule has 3 aromatic carbocycles. The average molecular weight is 542 g/mol. The van der Waals surface area contributed by atoms with E-state index >= 15 is 0 Å². The third kappa shape index (κ3) is 4.99. The number of rotatable bonds is 9. The highest BCUT2D eigenvalue weighted by atomic mass is 16.3. The van der Waals surface area contributed by atoms with Gasteiger partial charge in [-0.25, -0.2) is 9.97 Å². The number of hydrogen-bond donors (Lipinski definition) is 3. The van der Waals surface area contributed by atoms with Crippen LogP contribution in [0.1, 0.15) is 27.9 Å². The van der Waals surface area contributed by atoms with Gasteiger partial charge in [-0.2, -0.15) is 0 Å². The number of fused-ring (bicyclic) bond motifs is 6. The van der Waals surface area contributed by atoms with Crippen LogP contribution in [0.25, 0.3) is 43.6 Å². The Kier molecular flexibility index (Phi) is 6.54. The van der Waals surface area contributed by atoms with Gasteiger partial charge in [0, 0.05) is 42.1 Å². The fourth-order valence-electron chi connectivity index (χ4n) is 5.20. The van der Waals surface area contributed by atoms with Crippen molar-refractivity contribution < 1.29 is 9.21 Å². The zero-order valence-corrected chi connectivity index (χ0v) is 22.2. The van der Waals surface area contributed by atoms with Crippen LogP contribution in [0.2, 0.25) is 0 Å². The molecule has 0 saturated heterocycles. The summed E-state index contributed by atoms with van der Waals surface area (Å²) >= 11 is 0. The molecule has 9 heteroatoms. The van der Waals surface area contributed by atoms with Crippen LogP contribution < -0.4 is 10.6 Å². The van der Waals surface area contributed by atoms with E-state index in [0.29, 0.717) is 25.4 Å². The molecule has 41 heavy (non-hydrogen) atoms. The third-order valence-corrected chi connectivity index (χ3v) is 7.22. The fraction of sp³-hybridized carbons (Fsp3) is 0.156. The SMILES string of the molecule is O=C(NCc1nc2ccccc2c2ccccc12)c1coc(CCNCCc2nc3c(cnc4ccccc43)[nH]2)n1. The van der Waals surface area contributed by atoms with Gasteiger partial charge in [-0.05, 0) is 17.5 Å². The minimum absolute atomic E-state index is 0.258. The lowest BCUT2D eigenvalue weighted by molar-refractivity contribution is 0.0945. The molecule has 0 saturated carbocycles. The molecular formula is C32H27N7O2. The smallest absolute Gasteiger partial charge is 0.273 e. The van der Waals surface area contributed by atoms with Crippen LogP contribution in [0, 0.1) is 0 Å². The molecule has 4 aromatic heterocycles. The Morgan fingerprint density at radius 2 is 1.51 bits per heavy atom. The monoisotopic (exact) mass is 541 g/mol. The molecule has 1 amide bonds. The maximum Gasteiger partial charge on any atom is 0.273 e. The number of H-pyrrole nitrogens is 1. The molecule has 0 aliphatic heterocycles. The van der Waals surface area contributed by atoms with Gasteiger partial charge in [0.1, 0.15) is 12.1 Å². The predicted octanol–water partition coefficient (Wildman–Crippen LogP) is 5.11. The van der Waals surface area contributed by atoms with E-state index in [-0.39, 0.29) is 11.6 Å². The summed E-state index contributed by atoms with van der Waals surface area (Å²) in [6.07, 6.45) is 4.56. The molecule has 0 radical (unpaired) electrons. The number of carbonyl (C=O) groups excluding carboxylic acids is 1. The molecule has 0 unspecified atom stereocenters. The van der Waals surface area contributed by atoms with Crippen LogP contribution in [0.3, 0.4) is 0 Å². The maximum absolute atomic E-state index is 12.8. The van der Waals surface area contributed by atoms with Crippen molar-refractivity contribution in [1.29, 1.82) is 0 Å². The molecule has 0 bridgehead atoms. The Hall–Kier alpha value is -5.15. The molecule has 9 nitrogen and oxygen atoms in total. The summed E-state index contributed by atoms with van der Waals surface area (Å²) in [4.78, 5) is 34.6. The first-order chi connectivity index (χ1) is 20.2. The molecule has 0 aliphatic rings. The van der Waals surface area contributed by atoms with Crippen LogP contribution in [0.15, 0.2) is 89.7 Å². The van der Waals surface area contributed by atoms with Crippen molar-refractivity contribution in [3.63, 3.8) is 0 Å². The molecule has 7 rings (SSSR count). The van der Waals surface area contributed by atoms with E-state index < -0.39 is 0 Å². The number of imidazole rings is 1. The van der Waals surface area contributed by atoms with Gasteiger partial charge >= 0.3 is 0 Å². The molecule has 0 aliphatic carbocycles. The number of pyridine rings is 2. The second kappa shape index (κ2) is 10.8. The maximum atomic E-state index is 12.8. The standard InChI is InChI=1S/C32H27N7O2/c40-32(35-17-26-22-9-2-1-7-20(22)21-8-3-6-12-25(21)36-26)28-19-41-30(38-28)14-16-33-15-13-29-37-27-18-34-24-11-5-4-10-23(24)31(27)39-29/h1-12,18-19,33H,13-17H2,(H,35,40)(H,37,39). The molecule has 0 atom stereocenters. The van der Waals surface area contributed by atoms with Gasteiger partial charge in [0.15, 0.2) is 11.6 Å². The summed E-state index contributed by atoms with van der Waals surface area (Å²) < 4.78 is 5.56. The van der Waals surface area contributed by atoms with E-state index in [1.165, 1.54) is 6.26 Å². The number of hydrogen-bond acceptors (Lipinski definition) is 7. The van der Waals surface area contributed by atoms with Crippen molar-refractivity contribution >= 4 is 49.5 Å². The van der Waals surface area contributed by atoms with Crippen molar-refractivity contribution in [2.45, 2.75) is 19.4 Å². The van der Waals surface area contributed by atoms with Crippen molar-refractivity contribution in [3.8, 4) is 0 Å². The van der Waals surface area contributed by atoms with Crippen molar-refractivity contribution in [2.75, 3.05) is 13.1 Å². The van der Waals surface area contributed by atoms with Crippen LogP contribution in [0.4, 0.5) is 0 Å². The summed E-state index contributed by atoms with van der Waals surface area (Å²) in [6, 6.07) is 24.2. The molecule has 202 valence electrons. The fourth-order valence-corrected chi connectivity index (χ4v) is 5.20. The molecule has 7 aromatic rings. The van der Waals surface area contributed by atoms with E-state index in [9.17, 15) is 4.79 Å². The number of carbonyl (C=O) groups is 1. The van der Waals surface area contributed by atoms with E-state index in [0.717, 1.165) is 68.1 Å². The van der Waals surface area contributed by atoms with E-state index in [1.54, 1.807) is 0 Å². The summed E-state index contributed by atoms with van der Waals surface area (Å²) in [5, 5.41) is 10.6. The summed E-state index contributed by atoms with van der Waals surface area (Å²) in [5.41, 5.74) is 4.80. The largest absolute Gasteiger partial charge is 0.448 e. The lowest BCUT2D eigenvalue weighted by atomic mass is 10.0. The highest BCUT2D eigenvalue weighted by molar-refractivity contribution is 6.06. The molecular weight excluding hydrogens is 514 g/mol. The second-order valence-electron chi connectivity index (χ2n) is 9.90. The van der Waals surface area contributed by atoms with Crippen molar-refractivity contribution in [3.05, 3.63) is 108 Å². The van der Waals surface area contributed by atoms with Crippen LogP contribution in [-0.2, 0) is 19.4 Å². The minimum atomic E-state index is -0.293. The quantitative estimate of drug-likeness (QED) is 0.172.